The van der Waals surface area contributed by atoms with Crippen molar-refractivity contribution in [1.82, 2.24) is 14.3 Å². The van der Waals surface area contributed by atoms with Crippen LogP contribution in [0.1, 0.15) is 50.8 Å². The highest BCUT2D eigenvalue weighted by Crippen LogP contribution is 2.32. The van der Waals surface area contributed by atoms with Crippen molar-refractivity contribution in [1.29, 1.82) is 0 Å². The van der Waals surface area contributed by atoms with Crippen molar-refractivity contribution < 1.29 is 14.3 Å². The molecule has 240 valence electrons. The number of fused-ring (bicyclic) bond motifs is 1. The summed E-state index contributed by atoms with van der Waals surface area (Å²) in [6.07, 6.45) is 7.88. The van der Waals surface area contributed by atoms with E-state index in [2.05, 4.69) is 6.92 Å². The van der Waals surface area contributed by atoms with Gasteiger partial charge in [-0.25, -0.2) is 14.5 Å². The second kappa shape index (κ2) is 14.4. The number of carbonyl (C=O) groups excluding carboxylic acids is 1. The number of hydrogen-bond acceptors (Lipinski definition) is 8. The van der Waals surface area contributed by atoms with Crippen LogP contribution in [0.3, 0.4) is 0 Å². The summed E-state index contributed by atoms with van der Waals surface area (Å²) in [5, 5.41) is 4.96. The third-order valence-corrected chi connectivity index (χ3v) is 9.62. The van der Waals surface area contributed by atoms with Crippen LogP contribution in [0.2, 0.25) is 0 Å². The molecule has 0 radical (unpaired) electrons. The number of unbranched alkanes of at least 4 members (excludes halogenated alkanes) is 1. The molecule has 0 saturated carbocycles. The van der Waals surface area contributed by atoms with Gasteiger partial charge in [0.05, 0.1) is 40.7 Å². The van der Waals surface area contributed by atoms with Crippen molar-refractivity contribution in [3.05, 3.63) is 127 Å². The van der Waals surface area contributed by atoms with Gasteiger partial charge in [0.25, 0.3) is 5.56 Å². The van der Waals surface area contributed by atoms with E-state index >= 15 is 0 Å². The van der Waals surface area contributed by atoms with E-state index in [1.807, 2.05) is 102 Å². The molecule has 0 N–H and O–H groups in total. The largest absolute Gasteiger partial charge is 0.494 e. The highest BCUT2D eigenvalue weighted by molar-refractivity contribution is 7.98. The number of allylic oxidation sites excluding steroid dienone is 1. The molecule has 1 atom stereocenters. The number of carbonyl (C=O) groups is 1. The Morgan fingerprint density at radius 3 is 2.45 bits per heavy atom. The Bertz CT molecular complexity index is 2090. The number of benzene rings is 3. The number of thiazole rings is 1. The smallest absolute Gasteiger partial charge is 0.338 e. The van der Waals surface area contributed by atoms with Gasteiger partial charge in [-0.15, -0.1) is 11.8 Å². The van der Waals surface area contributed by atoms with Gasteiger partial charge in [-0.3, -0.25) is 9.36 Å². The Hall–Kier alpha value is -4.67. The lowest BCUT2D eigenvalue weighted by atomic mass is 9.96. The lowest BCUT2D eigenvalue weighted by Crippen LogP contribution is -2.39. The maximum Gasteiger partial charge on any atom is 0.338 e. The number of aromatic nitrogens is 3. The fraction of sp³-hybridized carbons (Fsp3) is 0.243. The molecule has 2 aromatic heterocycles. The molecule has 1 unspecified atom stereocenters. The summed E-state index contributed by atoms with van der Waals surface area (Å²) in [5.74, 6) is 0.327. The van der Waals surface area contributed by atoms with Gasteiger partial charge < -0.3 is 9.47 Å². The van der Waals surface area contributed by atoms with Gasteiger partial charge in [0.15, 0.2) is 4.80 Å². The number of ether oxygens (including phenoxy) is 2. The maximum atomic E-state index is 14.3. The highest BCUT2D eigenvalue weighted by atomic mass is 32.2. The summed E-state index contributed by atoms with van der Waals surface area (Å²) >= 11 is 2.93. The molecule has 0 amide bonds. The first-order valence-corrected chi connectivity index (χ1v) is 17.7. The highest BCUT2D eigenvalue weighted by Gasteiger charge is 2.33. The van der Waals surface area contributed by atoms with Gasteiger partial charge in [0.2, 0.25) is 0 Å². The molecule has 0 bridgehead atoms. The second-order valence-corrected chi connectivity index (χ2v) is 12.9. The predicted octanol–water partition coefficient (Wildman–Crippen LogP) is 6.55. The van der Waals surface area contributed by atoms with Crippen LogP contribution < -0.4 is 19.6 Å². The van der Waals surface area contributed by atoms with Crippen LogP contribution in [-0.2, 0) is 9.53 Å². The van der Waals surface area contributed by atoms with E-state index < -0.39 is 12.0 Å². The van der Waals surface area contributed by atoms with E-state index in [1.54, 1.807) is 30.2 Å². The minimum absolute atomic E-state index is 0.220. The predicted molar refractivity (Wildman–Crippen MR) is 188 cm³/mol. The fourth-order valence-corrected chi connectivity index (χ4v) is 6.95. The third kappa shape index (κ3) is 6.75. The van der Waals surface area contributed by atoms with E-state index in [-0.39, 0.29) is 12.2 Å². The van der Waals surface area contributed by atoms with Crippen molar-refractivity contribution in [3.8, 4) is 22.7 Å². The monoisotopic (exact) mass is 664 g/mol. The minimum atomic E-state index is -0.671. The number of thioether (sulfide) groups is 1. The molecule has 3 heterocycles. The van der Waals surface area contributed by atoms with Crippen LogP contribution in [0.25, 0.3) is 23.0 Å². The average molecular weight is 665 g/mol. The summed E-state index contributed by atoms with van der Waals surface area (Å²) in [6, 6.07) is 25.0. The number of esters is 1. The van der Waals surface area contributed by atoms with Crippen molar-refractivity contribution in [3.63, 3.8) is 0 Å². The molecular formula is C37H36N4O4S2. The third-order valence-electron chi connectivity index (χ3n) is 7.89. The standard InChI is InChI=1S/C37H36N4O4S2/c1-5-7-21-45-29-17-13-25(14-18-29)33-27(23-40(39-33)28-11-9-8-10-12-28)22-31-35(42)41-34(26-15-19-30(46-4)20-16-26)32(36(43)44-6-2)24(3)38-37(41)47-31/h8-20,22-23,34H,5-7,21H2,1-4H3. The molecule has 6 rings (SSSR count). The lowest BCUT2D eigenvalue weighted by Gasteiger charge is -2.24. The van der Waals surface area contributed by atoms with E-state index in [9.17, 15) is 9.59 Å². The number of nitrogens with zero attached hydrogens (tertiary/aromatic N) is 4. The molecule has 10 heteroatoms. The van der Waals surface area contributed by atoms with E-state index in [0.717, 1.165) is 51.6 Å². The molecule has 8 nitrogen and oxygen atoms in total. The summed E-state index contributed by atoms with van der Waals surface area (Å²) < 4.78 is 15.3. The minimum Gasteiger partial charge on any atom is -0.494 e. The quantitative estimate of drug-likeness (QED) is 0.0904. The van der Waals surface area contributed by atoms with Crippen LogP contribution >= 0.6 is 23.1 Å². The van der Waals surface area contributed by atoms with Gasteiger partial charge in [0.1, 0.15) is 11.4 Å². The lowest BCUT2D eigenvalue weighted by molar-refractivity contribution is -0.139. The summed E-state index contributed by atoms with van der Waals surface area (Å²) in [5.41, 5.74) is 4.78. The second-order valence-electron chi connectivity index (χ2n) is 11.0. The molecule has 3 aromatic carbocycles. The first-order valence-electron chi connectivity index (χ1n) is 15.6. The molecular weight excluding hydrogens is 629 g/mol. The molecule has 0 saturated heterocycles. The van der Waals surface area contributed by atoms with Crippen molar-refractivity contribution >= 4 is 35.1 Å². The maximum absolute atomic E-state index is 14.3. The first kappa shape index (κ1) is 32.3. The Labute approximate surface area is 281 Å². The zero-order valence-corrected chi connectivity index (χ0v) is 28.4. The van der Waals surface area contributed by atoms with Gasteiger partial charge in [0, 0.05) is 22.2 Å². The van der Waals surface area contributed by atoms with Gasteiger partial charge in [-0.1, -0.05) is 55.0 Å². The Morgan fingerprint density at radius 1 is 1.02 bits per heavy atom. The fourth-order valence-electron chi connectivity index (χ4n) is 5.51. The Morgan fingerprint density at radius 2 is 1.77 bits per heavy atom. The van der Waals surface area contributed by atoms with E-state index in [0.29, 0.717) is 27.2 Å². The van der Waals surface area contributed by atoms with Crippen molar-refractivity contribution in [2.75, 3.05) is 19.5 Å². The molecule has 0 spiro atoms. The Kier molecular flexibility index (Phi) is 9.89. The van der Waals surface area contributed by atoms with Gasteiger partial charge >= 0.3 is 5.97 Å². The normalized spacial score (nSPS) is 14.6. The summed E-state index contributed by atoms with van der Waals surface area (Å²) in [6.45, 7) is 6.59. The molecule has 47 heavy (non-hydrogen) atoms. The van der Waals surface area contributed by atoms with Crippen LogP contribution in [0.4, 0.5) is 0 Å². The first-order chi connectivity index (χ1) is 22.9. The molecule has 5 aromatic rings. The number of hydrogen-bond donors (Lipinski definition) is 0. The molecule has 1 aliphatic rings. The van der Waals surface area contributed by atoms with Crippen LogP contribution in [0, 0.1) is 0 Å². The zero-order valence-electron chi connectivity index (χ0n) is 26.8. The van der Waals surface area contributed by atoms with Gasteiger partial charge in [-0.2, -0.15) is 5.10 Å². The SMILES string of the molecule is CCCCOc1ccc(-c2nn(-c3ccccc3)cc2C=c2sc3n(c2=O)C(c2ccc(SC)cc2)C(C(=O)OCC)=C(C)N=3)cc1. The summed E-state index contributed by atoms with van der Waals surface area (Å²) in [7, 11) is 0. The average Bonchev–Trinajstić information content (AvgIpc) is 3.65. The van der Waals surface area contributed by atoms with E-state index in [4.69, 9.17) is 19.6 Å². The van der Waals surface area contributed by atoms with Crippen molar-refractivity contribution in [2.24, 2.45) is 4.99 Å². The topological polar surface area (TPSA) is 87.7 Å². The van der Waals surface area contributed by atoms with E-state index in [1.165, 1.54) is 11.3 Å². The number of para-hydroxylation sites is 1. The molecule has 0 fully saturated rings. The zero-order chi connectivity index (χ0) is 32.9. The van der Waals surface area contributed by atoms with Gasteiger partial charge in [-0.05, 0) is 86.7 Å². The van der Waals surface area contributed by atoms with Crippen LogP contribution in [0.5, 0.6) is 5.75 Å². The Balaban J connectivity index is 1.49. The molecule has 0 aliphatic carbocycles. The van der Waals surface area contributed by atoms with Crippen LogP contribution in [0.15, 0.2) is 111 Å². The van der Waals surface area contributed by atoms with Crippen molar-refractivity contribution in [2.45, 2.75) is 44.6 Å². The van der Waals surface area contributed by atoms with Crippen LogP contribution in [-0.4, -0.2) is 39.8 Å². The summed E-state index contributed by atoms with van der Waals surface area (Å²) in [4.78, 5) is 33.9. The number of rotatable bonds is 11. The molecule has 1 aliphatic heterocycles.